The first-order valence-corrected chi connectivity index (χ1v) is 8.88. The maximum Gasteiger partial charge on any atom is 0.294 e. The monoisotopic (exact) mass is 363 g/mol. The number of benzene rings is 3. The van der Waals surface area contributed by atoms with Crippen molar-refractivity contribution in [2.45, 2.75) is 11.4 Å². The van der Waals surface area contributed by atoms with Crippen molar-refractivity contribution >= 4 is 38.2 Å². The normalized spacial score (nSPS) is 11.6. The van der Waals surface area contributed by atoms with Gasteiger partial charge in [-0.15, -0.1) is 0 Å². The number of anilines is 1. The molecule has 3 rings (SSSR count). The second kappa shape index (κ2) is 6.32. The third-order valence-electron chi connectivity index (χ3n) is 3.64. The molecule has 7 heteroatoms. The molecule has 0 atom stereocenters. The summed E-state index contributed by atoms with van der Waals surface area (Å²) >= 11 is 6.11. The highest BCUT2D eigenvalue weighted by Crippen LogP contribution is 2.30. The van der Waals surface area contributed by atoms with E-state index in [1.807, 2.05) is 18.2 Å². The van der Waals surface area contributed by atoms with E-state index >= 15 is 0 Å². The maximum absolute atomic E-state index is 11.3. The van der Waals surface area contributed by atoms with Crippen LogP contribution in [0.3, 0.4) is 0 Å². The summed E-state index contributed by atoms with van der Waals surface area (Å²) in [4.78, 5) is -0.351. The Bertz CT molecular complexity index is 1020. The first kappa shape index (κ1) is 16.6. The number of rotatable bonds is 4. The first-order chi connectivity index (χ1) is 11.3. The largest absolute Gasteiger partial charge is 0.507 e. The second-order valence-electron chi connectivity index (χ2n) is 5.30. The van der Waals surface area contributed by atoms with E-state index in [2.05, 4.69) is 5.32 Å². The van der Waals surface area contributed by atoms with Crippen LogP contribution in [0.5, 0.6) is 5.75 Å². The lowest BCUT2D eigenvalue weighted by atomic mass is 10.1. The van der Waals surface area contributed by atoms with Crippen molar-refractivity contribution in [3.05, 3.63) is 65.2 Å². The van der Waals surface area contributed by atoms with Crippen LogP contribution in [-0.4, -0.2) is 18.1 Å². The van der Waals surface area contributed by atoms with Crippen molar-refractivity contribution in [2.75, 3.05) is 5.32 Å². The van der Waals surface area contributed by atoms with Crippen LogP contribution in [0, 0.1) is 0 Å². The zero-order valence-electron chi connectivity index (χ0n) is 12.4. The van der Waals surface area contributed by atoms with Crippen molar-refractivity contribution < 1.29 is 18.1 Å². The fourth-order valence-electron chi connectivity index (χ4n) is 2.42. The van der Waals surface area contributed by atoms with Gasteiger partial charge in [-0.3, -0.25) is 4.55 Å². The molecule has 0 saturated heterocycles. The lowest BCUT2D eigenvalue weighted by Gasteiger charge is -2.10. The molecule has 0 heterocycles. The predicted molar refractivity (Wildman–Crippen MR) is 94.2 cm³/mol. The summed E-state index contributed by atoms with van der Waals surface area (Å²) in [5.41, 5.74) is 1.66. The molecule has 0 spiro atoms. The van der Waals surface area contributed by atoms with E-state index in [4.69, 9.17) is 16.2 Å². The Kier molecular flexibility index (Phi) is 4.36. The molecule has 0 radical (unpaired) electrons. The van der Waals surface area contributed by atoms with Gasteiger partial charge in [-0.2, -0.15) is 8.42 Å². The van der Waals surface area contributed by atoms with Crippen LogP contribution in [-0.2, 0) is 16.7 Å². The highest BCUT2D eigenvalue weighted by atomic mass is 35.5. The van der Waals surface area contributed by atoms with Crippen LogP contribution in [0.25, 0.3) is 10.8 Å². The van der Waals surface area contributed by atoms with E-state index in [9.17, 15) is 13.5 Å². The average Bonchev–Trinajstić information content (AvgIpc) is 2.53. The minimum Gasteiger partial charge on any atom is -0.507 e. The summed E-state index contributed by atoms with van der Waals surface area (Å²) in [6.45, 7) is 0.495. The van der Waals surface area contributed by atoms with Crippen molar-refractivity contribution in [1.82, 2.24) is 0 Å². The van der Waals surface area contributed by atoms with Crippen molar-refractivity contribution in [3.8, 4) is 5.75 Å². The number of phenolic OH excluding ortho intramolecular Hbond substituents is 1. The number of hydrogen-bond acceptors (Lipinski definition) is 4. The number of nitrogens with one attached hydrogen (secondary N) is 1. The van der Waals surface area contributed by atoms with Crippen LogP contribution in [0.4, 0.5) is 5.69 Å². The van der Waals surface area contributed by atoms with Crippen molar-refractivity contribution in [2.24, 2.45) is 0 Å². The summed E-state index contributed by atoms with van der Waals surface area (Å²) in [7, 11) is -4.39. The van der Waals surface area contributed by atoms with Gasteiger partial charge in [0.25, 0.3) is 10.1 Å². The fraction of sp³-hybridized carbons (Fsp3) is 0.0588. The van der Waals surface area contributed by atoms with E-state index < -0.39 is 10.1 Å². The lowest BCUT2D eigenvalue weighted by molar-refractivity contribution is 0.471. The molecule has 3 aromatic rings. The first-order valence-electron chi connectivity index (χ1n) is 7.06. The molecule has 0 aromatic heterocycles. The Morgan fingerprint density at radius 3 is 2.50 bits per heavy atom. The highest BCUT2D eigenvalue weighted by Gasteiger charge is 2.13. The summed E-state index contributed by atoms with van der Waals surface area (Å²) in [6.07, 6.45) is 0. The molecule has 3 N–H and O–H groups in total. The number of halogens is 1. The molecule has 0 saturated carbocycles. The van der Waals surface area contributed by atoms with Gasteiger partial charge in [0, 0.05) is 28.7 Å². The smallest absolute Gasteiger partial charge is 0.294 e. The predicted octanol–water partition coefficient (Wildman–Crippen LogP) is 4.06. The summed E-state index contributed by atoms with van der Waals surface area (Å²) in [5.74, 6) is -0.210. The molecule has 3 aromatic carbocycles. The van der Waals surface area contributed by atoms with Crippen LogP contribution >= 0.6 is 11.6 Å². The van der Waals surface area contributed by atoms with Gasteiger partial charge in [-0.05, 0) is 41.3 Å². The molecule has 24 heavy (non-hydrogen) atoms. The summed E-state index contributed by atoms with van der Waals surface area (Å²) in [5, 5.41) is 14.8. The minimum absolute atomic E-state index is 0.210. The highest BCUT2D eigenvalue weighted by molar-refractivity contribution is 7.85. The van der Waals surface area contributed by atoms with Gasteiger partial charge in [0.1, 0.15) is 5.75 Å². The molecule has 0 aliphatic rings. The number of phenols is 1. The van der Waals surface area contributed by atoms with Gasteiger partial charge in [0.2, 0.25) is 0 Å². The number of fused-ring (bicyclic) bond motifs is 1. The Labute approximate surface area is 144 Å². The molecule has 0 aliphatic heterocycles. The molecule has 0 unspecified atom stereocenters. The van der Waals surface area contributed by atoms with E-state index in [-0.39, 0.29) is 10.6 Å². The van der Waals surface area contributed by atoms with Crippen molar-refractivity contribution in [1.29, 1.82) is 0 Å². The summed E-state index contributed by atoms with van der Waals surface area (Å²) in [6, 6.07) is 14.9. The van der Waals surface area contributed by atoms with Gasteiger partial charge < -0.3 is 10.4 Å². The van der Waals surface area contributed by atoms with E-state index in [0.29, 0.717) is 22.3 Å². The van der Waals surface area contributed by atoms with Crippen molar-refractivity contribution in [3.63, 3.8) is 0 Å². The second-order valence-corrected chi connectivity index (χ2v) is 7.13. The average molecular weight is 364 g/mol. The van der Waals surface area contributed by atoms with E-state index in [0.717, 1.165) is 17.3 Å². The Balaban J connectivity index is 1.94. The molecule has 0 aliphatic carbocycles. The topological polar surface area (TPSA) is 86.6 Å². The van der Waals surface area contributed by atoms with Crippen LogP contribution in [0.15, 0.2) is 59.5 Å². The van der Waals surface area contributed by atoms with Gasteiger partial charge >= 0.3 is 0 Å². The number of hydrogen-bond donors (Lipinski definition) is 3. The van der Waals surface area contributed by atoms with E-state index in [1.54, 1.807) is 24.3 Å². The summed E-state index contributed by atoms with van der Waals surface area (Å²) < 4.78 is 31.7. The van der Waals surface area contributed by atoms with Gasteiger partial charge in [-0.1, -0.05) is 29.8 Å². The third-order valence-corrected chi connectivity index (χ3v) is 4.84. The number of aromatic hydroxyl groups is 1. The molecular weight excluding hydrogens is 350 g/mol. The molecule has 0 fully saturated rings. The van der Waals surface area contributed by atoms with Crippen LogP contribution < -0.4 is 5.32 Å². The van der Waals surface area contributed by atoms with Gasteiger partial charge in [-0.25, -0.2) is 0 Å². The van der Waals surface area contributed by atoms with E-state index in [1.165, 1.54) is 6.07 Å². The molecule has 0 amide bonds. The molecule has 0 bridgehead atoms. The third kappa shape index (κ3) is 3.46. The maximum atomic E-state index is 11.3. The lowest BCUT2D eigenvalue weighted by Crippen LogP contribution is -2.00. The standard InChI is InChI=1S/C17H14ClNO4S/c18-16-4-2-1-3-11(16)10-19-13-5-6-15-12(7-13)8-14(9-17(15)20)24(21,22)23/h1-9,19-20H,10H2,(H,21,22,23). The van der Waals surface area contributed by atoms with Gasteiger partial charge in [0.15, 0.2) is 0 Å². The Hall–Kier alpha value is -2.28. The SMILES string of the molecule is O=S(=O)(O)c1cc(O)c2ccc(NCc3ccccc3Cl)cc2c1. The Morgan fingerprint density at radius 2 is 1.79 bits per heavy atom. The van der Waals surface area contributed by atoms with Crippen LogP contribution in [0.2, 0.25) is 5.02 Å². The Morgan fingerprint density at radius 1 is 1.04 bits per heavy atom. The van der Waals surface area contributed by atoms with Crippen LogP contribution in [0.1, 0.15) is 5.56 Å². The molecule has 5 nitrogen and oxygen atoms in total. The fourth-order valence-corrected chi connectivity index (χ4v) is 3.16. The zero-order valence-corrected chi connectivity index (χ0v) is 14.0. The minimum atomic E-state index is -4.39. The quantitative estimate of drug-likeness (QED) is 0.608. The zero-order chi connectivity index (χ0) is 17.3. The molecule has 124 valence electrons. The van der Waals surface area contributed by atoms with Gasteiger partial charge in [0.05, 0.1) is 4.90 Å². The molecular formula is C17H14ClNO4S.